The first-order valence-electron chi connectivity index (χ1n) is 9.59. The van der Waals surface area contributed by atoms with Crippen molar-refractivity contribution in [3.8, 4) is 0 Å². The normalized spacial score (nSPS) is 25.0. The average molecular weight is 369 g/mol. The Bertz CT molecular complexity index is 966. The molecule has 0 N–H and O–H groups in total. The van der Waals surface area contributed by atoms with Gasteiger partial charge in [0.2, 0.25) is 0 Å². The van der Waals surface area contributed by atoms with E-state index in [0.29, 0.717) is 24.8 Å². The van der Waals surface area contributed by atoms with Crippen molar-refractivity contribution in [2.24, 2.45) is 5.92 Å². The lowest BCUT2D eigenvalue weighted by molar-refractivity contribution is -0.0859. The Labute approximate surface area is 156 Å². The third-order valence-corrected chi connectivity index (χ3v) is 5.80. The highest BCUT2D eigenvalue weighted by atomic mass is 16.5. The van der Waals surface area contributed by atoms with Gasteiger partial charge in [0.1, 0.15) is 12.2 Å². The molecule has 1 atom stereocenters. The highest BCUT2D eigenvalue weighted by molar-refractivity contribution is 5.06. The van der Waals surface area contributed by atoms with Crippen LogP contribution >= 0.6 is 0 Å². The van der Waals surface area contributed by atoms with Gasteiger partial charge in [-0.25, -0.2) is 4.68 Å². The third kappa shape index (κ3) is 3.23. The monoisotopic (exact) mass is 369 g/mol. The molecule has 2 aromatic heterocycles. The molecular formula is C19H23N5O3. The van der Waals surface area contributed by atoms with Crippen molar-refractivity contribution in [2.45, 2.75) is 51.1 Å². The number of nitrogens with zero attached hydrogens (tertiary/aromatic N) is 5. The van der Waals surface area contributed by atoms with E-state index in [1.807, 2.05) is 18.2 Å². The van der Waals surface area contributed by atoms with Crippen molar-refractivity contribution in [3.05, 3.63) is 56.6 Å². The molecule has 2 aromatic rings. The molecule has 0 aromatic carbocycles. The van der Waals surface area contributed by atoms with Crippen LogP contribution in [0.4, 0.5) is 0 Å². The van der Waals surface area contributed by atoms with Gasteiger partial charge >= 0.3 is 11.1 Å². The number of likely N-dealkylation sites (tertiary alicyclic amines) is 1. The van der Waals surface area contributed by atoms with Gasteiger partial charge in [-0.05, 0) is 37.3 Å². The van der Waals surface area contributed by atoms with E-state index in [1.54, 1.807) is 10.8 Å². The molecule has 8 nitrogen and oxygen atoms in total. The lowest BCUT2D eigenvalue weighted by Gasteiger charge is -2.35. The zero-order valence-electron chi connectivity index (χ0n) is 15.2. The van der Waals surface area contributed by atoms with Crippen LogP contribution in [0.1, 0.15) is 30.8 Å². The number of fused-ring (bicyclic) bond motifs is 1. The van der Waals surface area contributed by atoms with Gasteiger partial charge in [-0.1, -0.05) is 6.07 Å². The lowest BCUT2D eigenvalue weighted by Crippen LogP contribution is -2.53. The molecule has 0 bridgehead atoms. The van der Waals surface area contributed by atoms with Crippen LogP contribution in [0.3, 0.4) is 0 Å². The second-order valence-corrected chi connectivity index (χ2v) is 7.99. The summed E-state index contributed by atoms with van der Waals surface area (Å²) in [6.07, 6.45) is 4.85. The number of ether oxygens (including phenoxy) is 1. The topological polar surface area (TPSA) is 82.2 Å². The van der Waals surface area contributed by atoms with Crippen molar-refractivity contribution in [2.75, 3.05) is 13.1 Å². The van der Waals surface area contributed by atoms with E-state index in [-0.39, 0.29) is 6.61 Å². The van der Waals surface area contributed by atoms with E-state index in [4.69, 9.17) is 4.74 Å². The summed E-state index contributed by atoms with van der Waals surface area (Å²) in [5.41, 5.74) is -0.382. The molecule has 2 aliphatic heterocycles. The molecule has 2 fully saturated rings. The summed E-state index contributed by atoms with van der Waals surface area (Å²) in [5.74, 6) is 1.05. The minimum absolute atomic E-state index is 0.275. The highest BCUT2D eigenvalue weighted by Gasteiger charge is 2.43. The van der Waals surface area contributed by atoms with Crippen LogP contribution in [0, 0.1) is 5.92 Å². The average Bonchev–Trinajstić information content (AvgIpc) is 3.42. The molecule has 5 rings (SSSR count). The highest BCUT2D eigenvalue weighted by Crippen LogP contribution is 2.32. The second kappa shape index (κ2) is 6.38. The van der Waals surface area contributed by atoms with Crippen LogP contribution in [0.25, 0.3) is 0 Å². The smallest absolute Gasteiger partial charge is 0.332 e. The molecule has 0 amide bonds. The molecule has 27 heavy (non-hydrogen) atoms. The van der Waals surface area contributed by atoms with Crippen LogP contribution in [0.5, 0.6) is 0 Å². The summed E-state index contributed by atoms with van der Waals surface area (Å²) in [4.78, 5) is 31.8. The third-order valence-electron chi connectivity index (χ3n) is 5.80. The Morgan fingerprint density at radius 2 is 2.07 bits per heavy atom. The van der Waals surface area contributed by atoms with Crippen molar-refractivity contribution >= 4 is 0 Å². The zero-order valence-corrected chi connectivity index (χ0v) is 15.2. The van der Waals surface area contributed by atoms with Gasteiger partial charge in [0.05, 0.1) is 12.2 Å². The van der Waals surface area contributed by atoms with Crippen molar-refractivity contribution in [3.63, 3.8) is 0 Å². The summed E-state index contributed by atoms with van der Waals surface area (Å²) in [7, 11) is 0. The Kier molecular flexibility index (Phi) is 3.98. The van der Waals surface area contributed by atoms with Crippen LogP contribution in [0.15, 0.2) is 34.0 Å². The molecule has 1 saturated carbocycles. The first kappa shape index (κ1) is 16.8. The van der Waals surface area contributed by atoms with Crippen LogP contribution in [-0.4, -0.2) is 42.9 Å². The fourth-order valence-corrected chi connectivity index (χ4v) is 4.10. The standard InChI is InChI=1S/C19H23N5O3/c25-17-18(26)24(9-14-4-5-14)21-16-11-27-19(13-23(16)17)6-8-22(12-19)10-15-3-1-2-7-20-15/h1-3,7,14H,4-6,8-13H2/t19-/m0/s1. The lowest BCUT2D eigenvalue weighted by atomic mass is 10.0. The van der Waals surface area contributed by atoms with E-state index >= 15 is 0 Å². The minimum atomic E-state index is -0.508. The fraction of sp³-hybridized carbons (Fsp3) is 0.579. The van der Waals surface area contributed by atoms with Gasteiger partial charge in [0, 0.05) is 32.4 Å². The van der Waals surface area contributed by atoms with E-state index in [9.17, 15) is 9.59 Å². The van der Waals surface area contributed by atoms with E-state index in [0.717, 1.165) is 44.6 Å². The molecule has 0 unspecified atom stereocenters. The van der Waals surface area contributed by atoms with E-state index in [2.05, 4.69) is 15.0 Å². The second-order valence-electron chi connectivity index (χ2n) is 7.99. The maximum absolute atomic E-state index is 12.7. The summed E-state index contributed by atoms with van der Waals surface area (Å²) in [5, 5.41) is 4.41. The summed E-state index contributed by atoms with van der Waals surface area (Å²) in [6.45, 7) is 3.58. The zero-order chi connectivity index (χ0) is 18.4. The van der Waals surface area contributed by atoms with Crippen molar-refractivity contribution < 1.29 is 4.74 Å². The molecular weight excluding hydrogens is 346 g/mol. The van der Waals surface area contributed by atoms with Crippen LogP contribution in [-0.2, 0) is 31.0 Å². The minimum Gasteiger partial charge on any atom is -0.364 e. The van der Waals surface area contributed by atoms with Gasteiger partial charge in [-0.3, -0.25) is 24.0 Å². The predicted molar refractivity (Wildman–Crippen MR) is 97.1 cm³/mol. The molecule has 1 aliphatic carbocycles. The van der Waals surface area contributed by atoms with Crippen molar-refractivity contribution in [1.82, 2.24) is 24.2 Å². The molecule has 3 aliphatic rings. The molecule has 1 saturated heterocycles. The maximum atomic E-state index is 12.7. The van der Waals surface area contributed by atoms with Crippen LogP contribution < -0.4 is 11.1 Å². The molecule has 8 heteroatoms. The van der Waals surface area contributed by atoms with Gasteiger partial charge in [0.25, 0.3) is 0 Å². The van der Waals surface area contributed by atoms with Gasteiger partial charge in [-0.2, -0.15) is 5.10 Å². The number of pyridine rings is 1. The Balaban J connectivity index is 1.36. The van der Waals surface area contributed by atoms with E-state index in [1.165, 1.54) is 4.68 Å². The first-order chi connectivity index (χ1) is 13.1. The molecule has 4 heterocycles. The summed E-state index contributed by atoms with van der Waals surface area (Å²) in [6, 6.07) is 5.91. The number of rotatable bonds is 4. The van der Waals surface area contributed by atoms with Gasteiger partial charge < -0.3 is 4.74 Å². The molecule has 0 radical (unpaired) electrons. The Hall–Kier alpha value is -2.32. The SMILES string of the molecule is O=c1c(=O)n2c(nn1CC1CC1)CO[C@]1(CCN(Cc3ccccn3)C1)C2. The van der Waals surface area contributed by atoms with Gasteiger partial charge in [-0.15, -0.1) is 0 Å². The fourth-order valence-electron chi connectivity index (χ4n) is 4.10. The molecule has 142 valence electrons. The first-order valence-corrected chi connectivity index (χ1v) is 9.59. The molecule has 1 spiro atoms. The Morgan fingerprint density at radius 1 is 1.19 bits per heavy atom. The quantitative estimate of drug-likeness (QED) is 0.725. The number of hydrogen-bond acceptors (Lipinski definition) is 6. The predicted octanol–water partition coefficient (Wildman–Crippen LogP) is 0.385. The number of aromatic nitrogens is 4. The summed E-state index contributed by atoms with van der Waals surface area (Å²) >= 11 is 0. The van der Waals surface area contributed by atoms with E-state index < -0.39 is 16.7 Å². The Morgan fingerprint density at radius 3 is 2.85 bits per heavy atom. The maximum Gasteiger partial charge on any atom is 0.332 e. The summed E-state index contributed by atoms with van der Waals surface area (Å²) < 4.78 is 9.08. The van der Waals surface area contributed by atoms with Crippen molar-refractivity contribution in [1.29, 1.82) is 0 Å². The largest absolute Gasteiger partial charge is 0.364 e. The number of hydrogen-bond donors (Lipinski definition) is 0. The van der Waals surface area contributed by atoms with Gasteiger partial charge in [0.15, 0.2) is 5.82 Å². The van der Waals surface area contributed by atoms with Crippen LogP contribution in [0.2, 0.25) is 0 Å².